The molecular weight excluding hydrogens is 254 g/mol. The smallest absolute Gasteiger partial charge is 0.260 e. The third-order valence-electron chi connectivity index (χ3n) is 3.17. The molecule has 1 aliphatic heterocycles. The summed E-state index contributed by atoms with van der Waals surface area (Å²) in [7, 11) is -1.55. The standard InChI is InChI=1S/C10H19N5O2S/c1-8-12-6-10(13-8)18(16,17)15-4-3-14(2)7-9(15)5-11/h6,9H,3-5,7,11H2,1-2H3,(H,12,13). The number of hydrogen-bond donors (Lipinski definition) is 2. The molecular formula is C10H19N5O2S. The maximum atomic E-state index is 12.5. The number of aryl methyl sites for hydroxylation is 1. The average molecular weight is 273 g/mol. The summed E-state index contributed by atoms with van der Waals surface area (Å²) in [5.74, 6) is 0.590. The van der Waals surface area contributed by atoms with E-state index in [-0.39, 0.29) is 11.1 Å². The largest absolute Gasteiger partial charge is 0.332 e. The summed E-state index contributed by atoms with van der Waals surface area (Å²) in [4.78, 5) is 8.80. The van der Waals surface area contributed by atoms with Crippen molar-refractivity contribution >= 4 is 10.0 Å². The van der Waals surface area contributed by atoms with Crippen LogP contribution in [0, 0.1) is 6.92 Å². The van der Waals surface area contributed by atoms with Crippen molar-refractivity contribution in [3.8, 4) is 0 Å². The van der Waals surface area contributed by atoms with E-state index in [9.17, 15) is 8.42 Å². The Kier molecular flexibility index (Phi) is 3.71. The van der Waals surface area contributed by atoms with Crippen molar-refractivity contribution in [1.82, 2.24) is 19.2 Å². The fourth-order valence-electron chi connectivity index (χ4n) is 2.16. The zero-order chi connectivity index (χ0) is 13.3. The summed E-state index contributed by atoms with van der Waals surface area (Å²) < 4.78 is 26.4. The molecule has 0 bridgehead atoms. The topological polar surface area (TPSA) is 95.3 Å². The molecule has 1 fully saturated rings. The van der Waals surface area contributed by atoms with Gasteiger partial charge in [-0.2, -0.15) is 4.31 Å². The number of piperazine rings is 1. The van der Waals surface area contributed by atoms with E-state index >= 15 is 0 Å². The van der Waals surface area contributed by atoms with Gasteiger partial charge in [-0.15, -0.1) is 0 Å². The lowest BCUT2D eigenvalue weighted by molar-refractivity contribution is 0.163. The summed E-state index contributed by atoms with van der Waals surface area (Å²) >= 11 is 0. The molecule has 1 unspecified atom stereocenters. The molecule has 0 spiro atoms. The molecule has 0 radical (unpaired) electrons. The molecule has 8 heteroatoms. The van der Waals surface area contributed by atoms with Crippen LogP contribution in [0.2, 0.25) is 0 Å². The van der Waals surface area contributed by atoms with E-state index in [0.717, 1.165) is 0 Å². The van der Waals surface area contributed by atoms with Crippen LogP contribution in [-0.2, 0) is 10.0 Å². The Morgan fingerprint density at radius 2 is 2.28 bits per heavy atom. The number of rotatable bonds is 3. The van der Waals surface area contributed by atoms with Crippen LogP contribution in [0.25, 0.3) is 0 Å². The highest BCUT2D eigenvalue weighted by Gasteiger charge is 2.35. The van der Waals surface area contributed by atoms with Gasteiger partial charge >= 0.3 is 0 Å². The Hall–Kier alpha value is -0.960. The first-order valence-electron chi connectivity index (χ1n) is 5.87. The number of aromatic amines is 1. The molecule has 0 aromatic carbocycles. The SMILES string of the molecule is Cc1ncc(S(=O)(=O)N2CCN(C)CC2CN)[nH]1. The van der Waals surface area contributed by atoms with E-state index in [1.54, 1.807) is 6.92 Å². The van der Waals surface area contributed by atoms with Crippen molar-refractivity contribution in [2.75, 3.05) is 33.2 Å². The summed E-state index contributed by atoms with van der Waals surface area (Å²) in [6, 6.07) is -0.183. The molecule has 2 heterocycles. The molecule has 1 aliphatic rings. The Morgan fingerprint density at radius 3 is 2.83 bits per heavy atom. The van der Waals surface area contributed by atoms with Gasteiger partial charge in [-0.3, -0.25) is 0 Å². The minimum absolute atomic E-state index is 0.142. The fraction of sp³-hybridized carbons (Fsp3) is 0.700. The van der Waals surface area contributed by atoms with Gasteiger partial charge in [0.2, 0.25) is 0 Å². The molecule has 1 aromatic heterocycles. The second-order valence-corrected chi connectivity index (χ2v) is 6.46. The Bertz CT molecular complexity index is 512. The molecule has 2 rings (SSSR count). The third-order valence-corrected chi connectivity index (χ3v) is 5.03. The van der Waals surface area contributed by atoms with Gasteiger partial charge in [-0.05, 0) is 14.0 Å². The van der Waals surface area contributed by atoms with E-state index in [1.165, 1.54) is 10.5 Å². The average Bonchev–Trinajstić information content (AvgIpc) is 2.76. The normalized spacial score (nSPS) is 23.4. The third kappa shape index (κ3) is 2.41. The summed E-state index contributed by atoms with van der Waals surface area (Å²) in [5, 5.41) is 0.142. The summed E-state index contributed by atoms with van der Waals surface area (Å²) in [5.41, 5.74) is 5.68. The number of likely N-dealkylation sites (N-methyl/N-ethyl adjacent to an activating group) is 1. The number of sulfonamides is 1. The molecule has 1 aromatic rings. The number of H-pyrrole nitrogens is 1. The van der Waals surface area contributed by atoms with Crippen LogP contribution in [-0.4, -0.2) is 66.9 Å². The maximum Gasteiger partial charge on any atom is 0.260 e. The van der Waals surface area contributed by atoms with Crippen LogP contribution < -0.4 is 5.73 Å². The van der Waals surface area contributed by atoms with Gasteiger partial charge in [-0.25, -0.2) is 13.4 Å². The summed E-state index contributed by atoms with van der Waals surface area (Å²) in [6.45, 7) is 3.87. The predicted molar refractivity (Wildman–Crippen MR) is 67.6 cm³/mol. The molecule has 0 saturated carbocycles. The number of nitrogens with two attached hydrogens (primary N) is 1. The minimum Gasteiger partial charge on any atom is -0.332 e. The monoisotopic (exact) mass is 273 g/mol. The molecule has 7 nitrogen and oxygen atoms in total. The van der Waals surface area contributed by atoms with E-state index in [0.29, 0.717) is 32.0 Å². The highest BCUT2D eigenvalue weighted by atomic mass is 32.2. The van der Waals surface area contributed by atoms with Gasteiger partial charge < -0.3 is 15.6 Å². The van der Waals surface area contributed by atoms with Gasteiger partial charge in [0, 0.05) is 26.2 Å². The van der Waals surface area contributed by atoms with Crippen LogP contribution in [0.3, 0.4) is 0 Å². The highest BCUT2D eigenvalue weighted by Crippen LogP contribution is 2.19. The first-order valence-corrected chi connectivity index (χ1v) is 7.31. The lowest BCUT2D eigenvalue weighted by Crippen LogP contribution is -2.56. The van der Waals surface area contributed by atoms with Crippen LogP contribution in [0.1, 0.15) is 5.82 Å². The van der Waals surface area contributed by atoms with Crippen molar-refractivity contribution in [3.63, 3.8) is 0 Å². The summed E-state index contributed by atoms with van der Waals surface area (Å²) in [6.07, 6.45) is 1.36. The molecule has 3 N–H and O–H groups in total. The molecule has 102 valence electrons. The van der Waals surface area contributed by atoms with Crippen molar-refractivity contribution < 1.29 is 8.42 Å². The second-order valence-electron chi connectivity index (χ2n) is 4.60. The van der Waals surface area contributed by atoms with Crippen molar-refractivity contribution in [1.29, 1.82) is 0 Å². The van der Waals surface area contributed by atoms with Gasteiger partial charge in [0.1, 0.15) is 5.82 Å². The molecule has 1 saturated heterocycles. The van der Waals surface area contributed by atoms with Crippen LogP contribution in [0.4, 0.5) is 0 Å². The number of hydrogen-bond acceptors (Lipinski definition) is 5. The lowest BCUT2D eigenvalue weighted by Gasteiger charge is -2.38. The highest BCUT2D eigenvalue weighted by molar-refractivity contribution is 7.89. The first-order chi connectivity index (χ1) is 8.45. The molecule has 18 heavy (non-hydrogen) atoms. The molecule has 0 amide bonds. The van der Waals surface area contributed by atoms with Crippen molar-refractivity contribution in [2.24, 2.45) is 5.73 Å². The number of aromatic nitrogens is 2. The zero-order valence-electron chi connectivity index (χ0n) is 10.6. The van der Waals surface area contributed by atoms with E-state index < -0.39 is 10.0 Å². The molecule has 1 atom stereocenters. The maximum absolute atomic E-state index is 12.5. The molecule has 0 aliphatic carbocycles. The quantitative estimate of drug-likeness (QED) is 0.735. The lowest BCUT2D eigenvalue weighted by atomic mass is 10.2. The van der Waals surface area contributed by atoms with E-state index in [2.05, 4.69) is 14.9 Å². The van der Waals surface area contributed by atoms with Gasteiger partial charge in [0.15, 0.2) is 5.03 Å². The zero-order valence-corrected chi connectivity index (χ0v) is 11.4. The van der Waals surface area contributed by atoms with E-state index in [4.69, 9.17) is 5.73 Å². The minimum atomic E-state index is -3.52. The number of nitrogens with zero attached hydrogens (tertiary/aromatic N) is 3. The van der Waals surface area contributed by atoms with Crippen LogP contribution in [0.15, 0.2) is 11.2 Å². The number of imidazole rings is 1. The van der Waals surface area contributed by atoms with Gasteiger partial charge in [0.25, 0.3) is 10.0 Å². The van der Waals surface area contributed by atoms with E-state index in [1.807, 2.05) is 7.05 Å². The van der Waals surface area contributed by atoms with Crippen molar-refractivity contribution in [3.05, 3.63) is 12.0 Å². The fourth-order valence-corrected chi connectivity index (χ4v) is 3.74. The second kappa shape index (κ2) is 4.96. The first kappa shape index (κ1) is 13.5. The number of nitrogens with one attached hydrogen (secondary N) is 1. The Balaban J connectivity index is 2.29. The van der Waals surface area contributed by atoms with Crippen molar-refractivity contribution in [2.45, 2.75) is 18.0 Å². The van der Waals surface area contributed by atoms with Gasteiger partial charge in [0.05, 0.1) is 12.2 Å². The van der Waals surface area contributed by atoms with Crippen LogP contribution >= 0.6 is 0 Å². The van der Waals surface area contributed by atoms with Gasteiger partial charge in [-0.1, -0.05) is 0 Å². The Morgan fingerprint density at radius 1 is 1.56 bits per heavy atom. The predicted octanol–water partition coefficient (Wildman–Crippen LogP) is -1.02. The van der Waals surface area contributed by atoms with Crippen LogP contribution in [0.5, 0.6) is 0 Å². The Labute approximate surface area is 107 Å².